The minimum atomic E-state index is -0.794. The number of aliphatic hydroxyl groups excluding tert-OH is 1. The maximum Gasteiger partial charge on any atom is 0.191 e. The smallest absolute Gasteiger partial charge is 0.191 e. The monoisotopic (exact) mass is 396 g/mol. The third-order valence-electron chi connectivity index (χ3n) is 4.24. The highest BCUT2D eigenvalue weighted by molar-refractivity contribution is 5.79. The molecule has 1 atom stereocenters. The molecule has 0 saturated heterocycles. The second-order valence-electron chi connectivity index (χ2n) is 6.42. The van der Waals surface area contributed by atoms with Crippen molar-refractivity contribution < 1.29 is 19.3 Å². The third-order valence-corrected chi connectivity index (χ3v) is 4.24. The van der Waals surface area contributed by atoms with E-state index in [9.17, 15) is 5.11 Å². The molecule has 160 valence electrons. The van der Waals surface area contributed by atoms with Crippen LogP contribution in [0.5, 0.6) is 11.5 Å². The van der Waals surface area contributed by atoms with Gasteiger partial charge < -0.3 is 34.9 Å². The second kappa shape index (κ2) is 14.0. The minimum absolute atomic E-state index is 0.211. The Morgan fingerprint density at radius 1 is 1.18 bits per heavy atom. The lowest BCUT2D eigenvalue weighted by molar-refractivity contribution is 0.179. The van der Waals surface area contributed by atoms with Gasteiger partial charge in [-0.3, -0.25) is 4.99 Å². The van der Waals surface area contributed by atoms with Gasteiger partial charge in [-0.1, -0.05) is 0 Å². The minimum Gasteiger partial charge on any atom is -0.497 e. The van der Waals surface area contributed by atoms with E-state index in [1.54, 1.807) is 39.5 Å². The van der Waals surface area contributed by atoms with Gasteiger partial charge in [-0.2, -0.15) is 0 Å². The van der Waals surface area contributed by atoms with E-state index < -0.39 is 6.10 Å². The van der Waals surface area contributed by atoms with E-state index in [1.807, 2.05) is 6.92 Å². The van der Waals surface area contributed by atoms with Crippen molar-refractivity contribution >= 4 is 5.96 Å². The number of hydrogen-bond acceptors (Lipinski definition) is 6. The van der Waals surface area contributed by atoms with Gasteiger partial charge in [-0.05, 0) is 38.6 Å². The van der Waals surface area contributed by atoms with E-state index in [2.05, 4.69) is 27.6 Å². The summed E-state index contributed by atoms with van der Waals surface area (Å²) >= 11 is 0. The number of hydrogen-bond donors (Lipinski definition) is 3. The highest BCUT2D eigenvalue weighted by Crippen LogP contribution is 2.29. The summed E-state index contributed by atoms with van der Waals surface area (Å²) in [4.78, 5) is 6.74. The molecule has 1 aromatic rings. The lowest BCUT2D eigenvalue weighted by Gasteiger charge is -2.19. The van der Waals surface area contributed by atoms with Crippen molar-refractivity contribution in [3.63, 3.8) is 0 Å². The van der Waals surface area contributed by atoms with Gasteiger partial charge in [0.2, 0.25) is 0 Å². The molecule has 0 amide bonds. The molecule has 0 aromatic heterocycles. The van der Waals surface area contributed by atoms with Crippen molar-refractivity contribution in [1.82, 2.24) is 15.5 Å². The zero-order valence-corrected chi connectivity index (χ0v) is 17.8. The Morgan fingerprint density at radius 2 is 1.96 bits per heavy atom. The highest BCUT2D eigenvalue weighted by atomic mass is 16.5. The topological polar surface area (TPSA) is 87.6 Å². The fourth-order valence-corrected chi connectivity index (χ4v) is 2.67. The number of nitrogens with zero attached hydrogens (tertiary/aromatic N) is 2. The molecule has 0 bridgehead atoms. The quantitative estimate of drug-likeness (QED) is 0.263. The van der Waals surface area contributed by atoms with Crippen molar-refractivity contribution in [3.05, 3.63) is 23.8 Å². The van der Waals surface area contributed by atoms with E-state index in [0.717, 1.165) is 39.2 Å². The van der Waals surface area contributed by atoms with E-state index in [1.165, 1.54) is 0 Å². The first-order chi connectivity index (χ1) is 13.5. The Morgan fingerprint density at radius 3 is 2.61 bits per heavy atom. The molecule has 1 unspecified atom stereocenters. The number of aliphatic hydroxyl groups is 1. The summed E-state index contributed by atoms with van der Waals surface area (Å²) in [6, 6.07) is 5.35. The van der Waals surface area contributed by atoms with Crippen molar-refractivity contribution in [3.8, 4) is 11.5 Å². The summed E-state index contributed by atoms with van der Waals surface area (Å²) in [7, 11) is 6.97. The average molecular weight is 397 g/mol. The molecular formula is C20H36N4O4. The van der Waals surface area contributed by atoms with Crippen LogP contribution >= 0.6 is 0 Å². The van der Waals surface area contributed by atoms with Gasteiger partial charge >= 0.3 is 0 Å². The van der Waals surface area contributed by atoms with Crippen molar-refractivity contribution in [2.45, 2.75) is 19.4 Å². The van der Waals surface area contributed by atoms with E-state index in [4.69, 9.17) is 14.2 Å². The van der Waals surface area contributed by atoms with E-state index >= 15 is 0 Å². The Labute approximate surface area is 168 Å². The Kier molecular flexibility index (Phi) is 12.0. The van der Waals surface area contributed by atoms with Crippen LogP contribution in [0.4, 0.5) is 0 Å². The van der Waals surface area contributed by atoms with Gasteiger partial charge in [0.15, 0.2) is 5.96 Å². The Hall–Kier alpha value is -2.03. The number of methoxy groups -OCH3 is 3. The first kappa shape index (κ1) is 24.0. The van der Waals surface area contributed by atoms with Gasteiger partial charge in [-0.15, -0.1) is 0 Å². The summed E-state index contributed by atoms with van der Waals surface area (Å²) in [5.41, 5.74) is 0.652. The average Bonchev–Trinajstić information content (AvgIpc) is 2.71. The van der Waals surface area contributed by atoms with Gasteiger partial charge in [0, 0.05) is 45.5 Å². The van der Waals surface area contributed by atoms with Crippen LogP contribution in [0.3, 0.4) is 0 Å². The summed E-state index contributed by atoms with van der Waals surface area (Å²) < 4.78 is 15.7. The lowest BCUT2D eigenvalue weighted by atomic mass is 10.1. The summed E-state index contributed by atoms with van der Waals surface area (Å²) in [5.74, 6) is 1.95. The molecule has 8 nitrogen and oxygen atoms in total. The summed E-state index contributed by atoms with van der Waals surface area (Å²) in [6.45, 7) is 6.37. The van der Waals surface area contributed by atoms with Crippen molar-refractivity contribution in [2.75, 3.05) is 67.7 Å². The van der Waals surface area contributed by atoms with Crippen LogP contribution < -0.4 is 20.1 Å². The molecule has 0 aliphatic carbocycles. The Bertz CT molecular complexity index is 583. The maximum atomic E-state index is 10.6. The molecule has 0 spiro atoms. The number of ether oxygens (including phenoxy) is 3. The van der Waals surface area contributed by atoms with Crippen molar-refractivity contribution in [1.29, 1.82) is 0 Å². The van der Waals surface area contributed by atoms with Gasteiger partial charge in [0.25, 0.3) is 0 Å². The van der Waals surface area contributed by atoms with E-state index in [0.29, 0.717) is 23.0 Å². The molecule has 0 radical (unpaired) electrons. The van der Waals surface area contributed by atoms with Crippen LogP contribution in [0.2, 0.25) is 0 Å². The molecule has 0 saturated carbocycles. The molecule has 0 aliphatic heterocycles. The summed E-state index contributed by atoms with van der Waals surface area (Å²) in [6.07, 6.45) is 0.215. The predicted octanol–water partition coefficient (Wildman–Crippen LogP) is 1.26. The fourth-order valence-electron chi connectivity index (χ4n) is 2.67. The predicted molar refractivity (Wildman–Crippen MR) is 112 cm³/mol. The summed E-state index contributed by atoms with van der Waals surface area (Å²) in [5, 5.41) is 17.1. The Balaban J connectivity index is 2.61. The molecule has 28 heavy (non-hydrogen) atoms. The number of aliphatic imine (C=N–C) groups is 1. The zero-order valence-electron chi connectivity index (χ0n) is 17.8. The fraction of sp³-hybridized carbons (Fsp3) is 0.650. The highest BCUT2D eigenvalue weighted by Gasteiger charge is 2.14. The number of likely N-dealkylation sites (N-methyl/N-ethyl adjacent to an activating group) is 1. The van der Waals surface area contributed by atoms with Crippen LogP contribution in [0.25, 0.3) is 0 Å². The van der Waals surface area contributed by atoms with Crippen LogP contribution in [0.15, 0.2) is 23.2 Å². The molecule has 3 N–H and O–H groups in total. The van der Waals surface area contributed by atoms with Gasteiger partial charge in [-0.25, -0.2) is 0 Å². The van der Waals surface area contributed by atoms with Gasteiger partial charge in [0.1, 0.15) is 17.6 Å². The van der Waals surface area contributed by atoms with Crippen LogP contribution in [0.1, 0.15) is 25.0 Å². The number of guanidine groups is 1. The first-order valence-corrected chi connectivity index (χ1v) is 9.65. The number of nitrogens with one attached hydrogen (secondary N) is 2. The largest absolute Gasteiger partial charge is 0.497 e. The number of rotatable bonds is 13. The molecule has 8 heteroatoms. The molecular weight excluding hydrogens is 360 g/mol. The molecule has 1 rings (SSSR count). The van der Waals surface area contributed by atoms with Crippen LogP contribution in [-0.4, -0.2) is 83.7 Å². The molecule has 0 heterocycles. The molecule has 0 aliphatic rings. The normalized spacial score (nSPS) is 12.8. The maximum absolute atomic E-state index is 10.6. The molecule has 0 fully saturated rings. The second-order valence-corrected chi connectivity index (χ2v) is 6.42. The van der Waals surface area contributed by atoms with Gasteiger partial charge in [0.05, 0.1) is 20.8 Å². The SMILES string of the molecule is CCNC(=NCC(O)c1cc(OC)ccc1OC)NCCN(C)CCCOC. The van der Waals surface area contributed by atoms with Crippen molar-refractivity contribution in [2.24, 2.45) is 4.99 Å². The van der Waals surface area contributed by atoms with Crippen LogP contribution in [0, 0.1) is 0 Å². The molecule has 1 aromatic carbocycles. The third kappa shape index (κ3) is 8.77. The zero-order chi connectivity index (χ0) is 20.8. The number of benzene rings is 1. The first-order valence-electron chi connectivity index (χ1n) is 9.65. The van der Waals surface area contributed by atoms with E-state index in [-0.39, 0.29) is 6.54 Å². The van der Waals surface area contributed by atoms with Crippen LogP contribution in [-0.2, 0) is 4.74 Å². The lowest BCUT2D eigenvalue weighted by Crippen LogP contribution is -2.41. The standard InChI is InChI=1S/C20H36N4O4/c1-6-21-20(22-10-12-24(2)11-7-13-26-3)23-15-18(25)17-14-16(27-4)8-9-19(17)28-5/h8-9,14,18,25H,6-7,10-13,15H2,1-5H3,(H2,21,22,23).